The Morgan fingerprint density at radius 1 is 1.67 bits per heavy atom. The number of aromatic nitrogens is 1. The molecule has 0 aromatic carbocycles. The molecule has 15 heavy (non-hydrogen) atoms. The molecule has 0 bridgehead atoms. The van der Waals surface area contributed by atoms with Crippen LogP contribution in [0, 0.1) is 11.8 Å². The number of hydrogen-bond donors (Lipinski definition) is 2. The van der Waals surface area contributed by atoms with Crippen molar-refractivity contribution in [1.82, 2.24) is 10.3 Å². The first-order valence-electron chi connectivity index (χ1n) is 4.08. The highest BCUT2D eigenvalue weighted by molar-refractivity contribution is 7.09. The highest BCUT2D eigenvalue weighted by Gasteiger charge is 2.06. The second-order valence-corrected chi connectivity index (χ2v) is 3.49. The summed E-state index contributed by atoms with van der Waals surface area (Å²) in [5.41, 5.74) is 5.24. The number of thiazole rings is 1. The topological polar surface area (TPSA) is 85.1 Å². The standard InChI is InChI=1S/C9H9N3O2S/c1-2-3-7(13)11-4-8-12-6(5-15-8)9(10)14/h5H,4H2,1H3,(H2,10,14)(H,11,13). The van der Waals surface area contributed by atoms with Crippen molar-refractivity contribution in [2.45, 2.75) is 13.5 Å². The number of nitrogens with one attached hydrogen (secondary N) is 1. The van der Waals surface area contributed by atoms with E-state index in [1.807, 2.05) is 0 Å². The van der Waals surface area contributed by atoms with E-state index in [4.69, 9.17) is 5.73 Å². The summed E-state index contributed by atoms with van der Waals surface area (Å²) in [5, 5.41) is 4.71. The van der Waals surface area contributed by atoms with Crippen molar-refractivity contribution in [3.63, 3.8) is 0 Å². The number of rotatable bonds is 3. The van der Waals surface area contributed by atoms with Crippen LogP contribution in [0.4, 0.5) is 0 Å². The van der Waals surface area contributed by atoms with E-state index in [1.165, 1.54) is 11.3 Å². The van der Waals surface area contributed by atoms with Crippen LogP contribution in [0.2, 0.25) is 0 Å². The lowest BCUT2D eigenvalue weighted by molar-refractivity contribution is -0.115. The molecule has 0 aliphatic heterocycles. The predicted molar refractivity (Wildman–Crippen MR) is 55.9 cm³/mol. The van der Waals surface area contributed by atoms with E-state index in [0.717, 1.165) is 0 Å². The summed E-state index contributed by atoms with van der Waals surface area (Å²) in [6.07, 6.45) is 0. The summed E-state index contributed by atoms with van der Waals surface area (Å²) >= 11 is 1.26. The minimum Gasteiger partial charge on any atom is -0.364 e. The van der Waals surface area contributed by atoms with Gasteiger partial charge in [0.25, 0.3) is 11.8 Å². The molecule has 1 aromatic rings. The molecular weight excluding hydrogens is 214 g/mol. The van der Waals surface area contributed by atoms with Gasteiger partial charge in [0, 0.05) is 5.38 Å². The molecule has 0 unspecified atom stereocenters. The summed E-state index contributed by atoms with van der Waals surface area (Å²) in [5.74, 6) is 3.87. The van der Waals surface area contributed by atoms with Gasteiger partial charge < -0.3 is 11.1 Å². The Kier molecular flexibility index (Phi) is 3.83. The molecule has 0 spiro atoms. The van der Waals surface area contributed by atoms with Crippen molar-refractivity contribution in [2.24, 2.45) is 5.73 Å². The van der Waals surface area contributed by atoms with Gasteiger partial charge in [0.15, 0.2) is 0 Å². The molecule has 2 amide bonds. The minimum absolute atomic E-state index is 0.214. The quantitative estimate of drug-likeness (QED) is 0.701. The van der Waals surface area contributed by atoms with Crippen molar-refractivity contribution in [2.75, 3.05) is 0 Å². The lowest BCUT2D eigenvalue weighted by atomic mass is 10.5. The molecule has 1 rings (SSSR count). The molecule has 0 atom stereocenters. The molecule has 0 radical (unpaired) electrons. The maximum Gasteiger partial charge on any atom is 0.296 e. The van der Waals surface area contributed by atoms with Crippen molar-refractivity contribution in [1.29, 1.82) is 0 Å². The first kappa shape index (κ1) is 11.2. The zero-order valence-electron chi connectivity index (χ0n) is 8.03. The minimum atomic E-state index is -0.572. The highest BCUT2D eigenvalue weighted by atomic mass is 32.1. The van der Waals surface area contributed by atoms with Gasteiger partial charge in [-0.25, -0.2) is 4.98 Å². The van der Waals surface area contributed by atoms with Crippen LogP contribution in [-0.2, 0) is 11.3 Å². The molecule has 78 valence electrons. The third kappa shape index (κ3) is 3.40. The summed E-state index contributed by atoms with van der Waals surface area (Å²) in [4.78, 5) is 25.6. The van der Waals surface area contributed by atoms with Crippen LogP contribution in [0.25, 0.3) is 0 Å². The van der Waals surface area contributed by atoms with E-state index in [0.29, 0.717) is 5.01 Å². The Balaban J connectivity index is 2.53. The largest absolute Gasteiger partial charge is 0.364 e. The lowest BCUT2D eigenvalue weighted by Crippen LogP contribution is -2.20. The Hall–Kier alpha value is -1.87. The molecular formula is C9H9N3O2S. The van der Waals surface area contributed by atoms with Crippen molar-refractivity contribution in [3.8, 4) is 11.8 Å². The number of amides is 2. The van der Waals surface area contributed by atoms with Gasteiger partial charge in [0.05, 0.1) is 6.54 Å². The van der Waals surface area contributed by atoms with Gasteiger partial charge in [-0.05, 0) is 12.8 Å². The molecule has 6 heteroatoms. The second kappa shape index (κ2) is 5.12. The first-order valence-corrected chi connectivity index (χ1v) is 4.96. The summed E-state index contributed by atoms with van der Waals surface area (Å²) < 4.78 is 0. The third-order valence-corrected chi connectivity index (χ3v) is 2.29. The van der Waals surface area contributed by atoms with Crippen LogP contribution in [0.3, 0.4) is 0 Å². The van der Waals surface area contributed by atoms with Crippen LogP contribution in [0.5, 0.6) is 0 Å². The van der Waals surface area contributed by atoms with Gasteiger partial charge in [-0.3, -0.25) is 9.59 Å². The summed E-state index contributed by atoms with van der Waals surface area (Å²) in [6, 6.07) is 0. The molecule has 3 N–H and O–H groups in total. The molecule has 1 heterocycles. The molecule has 0 saturated carbocycles. The van der Waals surface area contributed by atoms with Crippen LogP contribution in [-0.4, -0.2) is 16.8 Å². The fraction of sp³-hybridized carbons (Fsp3) is 0.222. The smallest absolute Gasteiger partial charge is 0.296 e. The molecule has 1 aromatic heterocycles. The Bertz CT molecular complexity index is 442. The SMILES string of the molecule is CC#CC(=O)NCc1nc(C(N)=O)cs1. The average molecular weight is 223 g/mol. The van der Waals surface area contributed by atoms with Gasteiger partial charge in [-0.2, -0.15) is 0 Å². The van der Waals surface area contributed by atoms with Crippen molar-refractivity contribution >= 4 is 23.2 Å². The monoisotopic (exact) mass is 223 g/mol. The number of carbonyl (C=O) groups is 2. The molecule has 5 nitrogen and oxygen atoms in total. The number of nitrogens with two attached hydrogens (primary N) is 1. The van der Waals surface area contributed by atoms with E-state index < -0.39 is 5.91 Å². The average Bonchev–Trinajstić information content (AvgIpc) is 2.63. The fourth-order valence-corrected chi connectivity index (χ4v) is 1.54. The predicted octanol–water partition coefficient (Wildman–Crippen LogP) is -0.118. The van der Waals surface area contributed by atoms with Gasteiger partial charge in [0.2, 0.25) is 0 Å². The van der Waals surface area contributed by atoms with E-state index in [-0.39, 0.29) is 18.1 Å². The maximum absolute atomic E-state index is 11.0. The van der Waals surface area contributed by atoms with Crippen LogP contribution >= 0.6 is 11.3 Å². The first-order chi connectivity index (χ1) is 7.13. The van der Waals surface area contributed by atoms with E-state index in [9.17, 15) is 9.59 Å². The van der Waals surface area contributed by atoms with Gasteiger partial charge in [0.1, 0.15) is 10.7 Å². The Morgan fingerprint density at radius 2 is 2.40 bits per heavy atom. The normalized spacial score (nSPS) is 8.87. The number of primary amides is 1. The third-order valence-electron chi connectivity index (χ3n) is 1.44. The number of carbonyl (C=O) groups excluding carboxylic acids is 2. The molecule has 0 fully saturated rings. The van der Waals surface area contributed by atoms with E-state index in [1.54, 1.807) is 12.3 Å². The Morgan fingerprint density at radius 3 is 2.93 bits per heavy atom. The van der Waals surface area contributed by atoms with Crippen LogP contribution in [0.1, 0.15) is 22.4 Å². The highest BCUT2D eigenvalue weighted by Crippen LogP contribution is 2.08. The van der Waals surface area contributed by atoms with Crippen LogP contribution < -0.4 is 11.1 Å². The summed E-state index contributed by atoms with van der Waals surface area (Å²) in [7, 11) is 0. The molecule has 0 aliphatic rings. The zero-order chi connectivity index (χ0) is 11.3. The second-order valence-electron chi connectivity index (χ2n) is 2.55. The molecule has 0 aliphatic carbocycles. The van der Waals surface area contributed by atoms with Gasteiger partial charge in [-0.1, -0.05) is 5.92 Å². The number of hydrogen-bond acceptors (Lipinski definition) is 4. The lowest BCUT2D eigenvalue weighted by Gasteiger charge is -1.95. The summed E-state index contributed by atoms with van der Waals surface area (Å²) in [6.45, 7) is 1.83. The van der Waals surface area contributed by atoms with Crippen molar-refractivity contribution < 1.29 is 9.59 Å². The van der Waals surface area contributed by atoms with Crippen LogP contribution in [0.15, 0.2) is 5.38 Å². The van der Waals surface area contributed by atoms with Crippen molar-refractivity contribution in [3.05, 3.63) is 16.1 Å². The van der Waals surface area contributed by atoms with Gasteiger partial charge >= 0.3 is 0 Å². The number of nitrogens with zero attached hydrogens (tertiary/aromatic N) is 1. The van der Waals surface area contributed by atoms with E-state index in [2.05, 4.69) is 22.1 Å². The Labute approximate surface area is 90.7 Å². The zero-order valence-corrected chi connectivity index (χ0v) is 8.85. The maximum atomic E-state index is 11.0. The van der Waals surface area contributed by atoms with E-state index >= 15 is 0 Å². The molecule has 0 saturated heterocycles. The van der Waals surface area contributed by atoms with Gasteiger partial charge in [-0.15, -0.1) is 11.3 Å². The fourth-order valence-electron chi connectivity index (χ4n) is 0.819.